The highest BCUT2D eigenvalue weighted by atomic mass is 16.5. The van der Waals surface area contributed by atoms with Crippen LogP contribution in [0.1, 0.15) is 14.8 Å². The summed E-state index contributed by atoms with van der Waals surface area (Å²) in [5.41, 5.74) is 2.02. The van der Waals surface area contributed by atoms with E-state index in [1.165, 1.54) is 0 Å². The van der Waals surface area contributed by atoms with E-state index < -0.39 is 0 Å². The molecule has 0 aliphatic rings. The first kappa shape index (κ1) is 4.92. The summed E-state index contributed by atoms with van der Waals surface area (Å²) in [5, 5.41) is 7.82. The van der Waals surface area contributed by atoms with Crippen LogP contribution in [-0.4, -0.2) is 11.8 Å². The van der Waals surface area contributed by atoms with Crippen molar-refractivity contribution < 1.29 is 6.63 Å². The van der Waals surface area contributed by atoms with Crippen LogP contribution in [0.4, 0.5) is 0 Å². The van der Waals surface area contributed by atoms with Crippen LogP contribution in [0.5, 0.6) is 0 Å². The van der Waals surface area contributed by atoms with Gasteiger partial charge in [0, 0.05) is 7.97 Å². The van der Waals surface area contributed by atoms with Gasteiger partial charge in [-0.25, -0.2) is 5.48 Å². The molecule has 0 aliphatic heterocycles. The van der Waals surface area contributed by atoms with Gasteiger partial charge in [-0.1, -0.05) is 6.92 Å². The molecule has 0 unspecified atom stereocenters. The lowest BCUT2D eigenvalue weighted by atomic mass is 10.5. The zero-order chi connectivity index (χ0) is 4.12. The van der Waals surface area contributed by atoms with Crippen molar-refractivity contribution in [3.63, 3.8) is 0 Å². The molecule has 0 amide bonds. The van der Waals surface area contributed by atoms with E-state index >= 15 is 0 Å². The molecular weight excluding hydrogens is 66.0 g/mol. The molecule has 0 rings (SSSR count). The van der Waals surface area contributed by atoms with Crippen LogP contribution >= 0.6 is 0 Å². The highest BCUT2D eigenvalue weighted by molar-refractivity contribution is 4.22. The second-order valence-electron chi connectivity index (χ2n) is 0.908. The second kappa shape index (κ2) is 3.92. The lowest BCUT2D eigenvalue weighted by molar-refractivity contribution is 0.167. The van der Waals surface area contributed by atoms with Gasteiger partial charge < -0.3 is 5.21 Å². The smallest absolute Gasteiger partial charge is 0.0204 e. The van der Waals surface area contributed by atoms with Crippen molar-refractivity contribution in [2.24, 2.45) is 0 Å². The summed E-state index contributed by atoms with van der Waals surface area (Å²) in [4.78, 5) is 0. The summed E-state index contributed by atoms with van der Waals surface area (Å²) < 4.78 is 0. The fourth-order valence-corrected chi connectivity index (χ4v) is 0.112. The fraction of sp³-hybridized carbons (Fsp3) is 1.00. The van der Waals surface area contributed by atoms with Gasteiger partial charge in [0.2, 0.25) is 0 Å². The Kier molecular flexibility index (Phi) is 3.86. The van der Waals surface area contributed by atoms with E-state index in [-0.39, 0.29) is 1.43 Å². The summed E-state index contributed by atoms with van der Waals surface area (Å²) in [6.45, 7) is 2.68. The highest BCUT2D eigenvalue weighted by Crippen LogP contribution is 1.62. The highest BCUT2D eigenvalue weighted by Gasteiger charge is 1.66. The van der Waals surface area contributed by atoms with E-state index in [2.05, 4.69) is 0 Å². The average Bonchev–Trinajstić information content (AvgIpc) is 1.41. The lowest BCUT2D eigenvalue weighted by Gasteiger charge is -1.83. The van der Waals surface area contributed by atoms with Gasteiger partial charge in [-0.05, 0) is 6.42 Å². The Morgan fingerprint density at radius 1 is 2.00 bits per heavy atom. The van der Waals surface area contributed by atoms with Crippen LogP contribution in [-0.2, 0) is 0 Å². The van der Waals surface area contributed by atoms with Gasteiger partial charge in [0.05, 0.1) is 0 Å². The number of hydrogen-bond donors (Lipinski definition) is 2. The molecule has 0 aliphatic carbocycles. The third kappa shape index (κ3) is 3.92. The Balaban J connectivity index is 0. The maximum atomic E-state index is 7.82. The SMILES string of the molecule is CCCNO.[HH]. The Bertz CT molecular complexity index is 18.3. The standard InChI is InChI=1S/C3H9NO.H2/c1-2-3-4-5;/h4-5H,2-3H2,1H3;1H. The van der Waals surface area contributed by atoms with Crippen LogP contribution in [0.25, 0.3) is 0 Å². The summed E-state index contributed by atoms with van der Waals surface area (Å²) in [5.74, 6) is 0. The molecule has 2 N–H and O–H groups in total. The summed E-state index contributed by atoms with van der Waals surface area (Å²) in [7, 11) is 0. The van der Waals surface area contributed by atoms with Gasteiger partial charge >= 0.3 is 0 Å². The van der Waals surface area contributed by atoms with E-state index in [9.17, 15) is 0 Å². The van der Waals surface area contributed by atoms with E-state index in [0.29, 0.717) is 6.54 Å². The van der Waals surface area contributed by atoms with Crippen molar-refractivity contribution in [3.8, 4) is 0 Å². The normalized spacial score (nSPS) is 8.40. The van der Waals surface area contributed by atoms with E-state index in [1.807, 2.05) is 12.4 Å². The third-order valence-corrected chi connectivity index (χ3v) is 0.362. The molecule has 0 aromatic carbocycles. The Morgan fingerprint density at radius 3 is 2.60 bits per heavy atom. The second-order valence-corrected chi connectivity index (χ2v) is 0.908. The van der Waals surface area contributed by atoms with Crippen molar-refractivity contribution in [1.82, 2.24) is 5.48 Å². The first-order chi connectivity index (χ1) is 2.41. The first-order valence-corrected chi connectivity index (χ1v) is 1.78. The van der Waals surface area contributed by atoms with Crippen LogP contribution < -0.4 is 5.48 Å². The maximum Gasteiger partial charge on any atom is 0.0204 e. The molecule has 0 radical (unpaired) electrons. The molecule has 0 fully saturated rings. The van der Waals surface area contributed by atoms with E-state index in [1.54, 1.807) is 0 Å². The van der Waals surface area contributed by atoms with E-state index in [4.69, 9.17) is 5.21 Å². The number of rotatable bonds is 2. The molecule has 0 saturated carbocycles. The molecule has 34 valence electrons. The number of hydrogen-bond acceptors (Lipinski definition) is 2. The quantitative estimate of drug-likeness (QED) is 0.473. The minimum atomic E-state index is 0. The van der Waals surface area contributed by atoms with Crippen molar-refractivity contribution >= 4 is 0 Å². The van der Waals surface area contributed by atoms with Crippen LogP contribution in [0.3, 0.4) is 0 Å². The van der Waals surface area contributed by atoms with Gasteiger partial charge in [0.1, 0.15) is 0 Å². The van der Waals surface area contributed by atoms with Gasteiger partial charge in [-0.15, -0.1) is 0 Å². The van der Waals surface area contributed by atoms with Crippen molar-refractivity contribution in [2.45, 2.75) is 13.3 Å². The first-order valence-electron chi connectivity index (χ1n) is 1.78. The van der Waals surface area contributed by atoms with Gasteiger partial charge in [0.15, 0.2) is 0 Å². The van der Waals surface area contributed by atoms with Crippen molar-refractivity contribution in [2.75, 3.05) is 6.54 Å². The zero-order valence-corrected chi connectivity index (χ0v) is 3.36. The van der Waals surface area contributed by atoms with Crippen LogP contribution in [0.2, 0.25) is 0 Å². The van der Waals surface area contributed by atoms with Gasteiger partial charge in [0.25, 0.3) is 0 Å². The average molecular weight is 77.1 g/mol. The molecule has 2 nitrogen and oxygen atoms in total. The predicted octanol–water partition coefficient (Wildman–Crippen LogP) is 0.621. The third-order valence-electron chi connectivity index (χ3n) is 0.362. The zero-order valence-electron chi connectivity index (χ0n) is 3.36. The monoisotopic (exact) mass is 77.1 g/mol. The molecule has 0 aromatic rings. The van der Waals surface area contributed by atoms with Crippen LogP contribution in [0.15, 0.2) is 0 Å². The van der Waals surface area contributed by atoms with Crippen LogP contribution in [0, 0.1) is 0 Å². The fourth-order valence-electron chi connectivity index (χ4n) is 0.112. The number of nitrogens with one attached hydrogen (secondary N) is 1. The Morgan fingerprint density at radius 2 is 2.60 bits per heavy atom. The Hall–Kier alpha value is -0.0800. The minimum absolute atomic E-state index is 0. The maximum absolute atomic E-state index is 7.82. The largest absolute Gasteiger partial charge is 0.317 e. The molecular formula is C3H11NO. The molecule has 0 spiro atoms. The molecule has 0 heterocycles. The summed E-state index contributed by atoms with van der Waals surface area (Å²) in [6, 6.07) is 0. The minimum Gasteiger partial charge on any atom is -0.317 e. The molecule has 0 atom stereocenters. The Labute approximate surface area is 33.3 Å². The van der Waals surface area contributed by atoms with Gasteiger partial charge in [-0.2, -0.15) is 0 Å². The molecule has 5 heavy (non-hydrogen) atoms. The van der Waals surface area contributed by atoms with Gasteiger partial charge in [-0.3, -0.25) is 0 Å². The topological polar surface area (TPSA) is 32.3 Å². The molecule has 0 saturated heterocycles. The predicted molar refractivity (Wildman–Crippen MR) is 22.2 cm³/mol. The molecule has 0 aromatic heterocycles. The lowest BCUT2D eigenvalue weighted by Crippen LogP contribution is -2.06. The van der Waals surface area contributed by atoms with Crippen molar-refractivity contribution in [1.29, 1.82) is 0 Å². The molecule has 0 bridgehead atoms. The summed E-state index contributed by atoms with van der Waals surface area (Å²) >= 11 is 0. The van der Waals surface area contributed by atoms with Crippen molar-refractivity contribution in [3.05, 3.63) is 0 Å². The number of hydroxylamine groups is 1. The summed E-state index contributed by atoms with van der Waals surface area (Å²) in [6.07, 6.45) is 0.983. The molecule has 2 heteroatoms. The van der Waals surface area contributed by atoms with E-state index in [0.717, 1.165) is 6.42 Å².